The van der Waals surface area contributed by atoms with E-state index in [1.165, 1.54) is 41.4 Å². The number of anilines is 1. The van der Waals surface area contributed by atoms with Gasteiger partial charge in [0.25, 0.3) is 5.91 Å². The van der Waals surface area contributed by atoms with E-state index in [4.69, 9.17) is 5.73 Å². The molecule has 0 saturated carbocycles. The zero-order valence-corrected chi connectivity index (χ0v) is 11.7. The first-order chi connectivity index (χ1) is 9.63. The summed E-state index contributed by atoms with van der Waals surface area (Å²) in [6.45, 7) is 0. The summed E-state index contributed by atoms with van der Waals surface area (Å²) in [6, 6.07) is 5.76. The number of hydrazone groups is 1. The van der Waals surface area contributed by atoms with Crippen molar-refractivity contribution in [2.24, 2.45) is 5.10 Å². The van der Waals surface area contributed by atoms with Crippen LogP contribution in [0.2, 0.25) is 0 Å². The van der Waals surface area contributed by atoms with Gasteiger partial charge in [-0.1, -0.05) is 35.2 Å². The third kappa shape index (κ3) is 4.59. The molecule has 0 spiro atoms. The topological polar surface area (TPSA) is 93.3 Å². The molecule has 0 radical (unpaired) electrons. The molecular weight excluding hydrogens is 301 g/mol. The summed E-state index contributed by atoms with van der Waals surface area (Å²) in [5.74, 6) is -0.434. The second-order valence-corrected chi connectivity index (χ2v) is 5.77. The average molecular weight is 311 g/mol. The van der Waals surface area contributed by atoms with E-state index >= 15 is 0 Å². The number of halogens is 1. The first kappa shape index (κ1) is 14.4. The summed E-state index contributed by atoms with van der Waals surface area (Å²) in [7, 11) is 0. The first-order valence-corrected chi connectivity index (χ1v) is 7.23. The Morgan fingerprint density at radius 3 is 2.85 bits per heavy atom. The second-order valence-electron chi connectivity index (χ2n) is 3.54. The molecule has 0 aliphatic heterocycles. The number of thioether (sulfide) groups is 1. The highest BCUT2D eigenvalue weighted by Crippen LogP contribution is 2.22. The quantitative estimate of drug-likeness (QED) is 0.496. The predicted molar refractivity (Wildman–Crippen MR) is 77.2 cm³/mol. The van der Waals surface area contributed by atoms with Crippen LogP contribution >= 0.6 is 23.1 Å². The van der Waals surface area contributed by atoms with Crippen LogP contribution in [0, 0.1) is 5.82 Å². The van der Waals surface area contributed by atoms with E-state index in [9.17, 15) is 9.18 Å². The van der Waals surface area contributed by atoms with E-state index in [-0.39, 0.29) is 17.5 Å². The maximum Gasteiger partial charge on any atom is 0.250 e. The largest absolute Gasteiger partial charge is 0.374 e. The Morgan fingerprint density at radius 2 is 2.20 bits per heavy atom. The lowest BCUT2D eigenvalue weighted by molar-refractivity contribution is -0.118. The summed E-state index contributed by atoms with van der Waals surface area (Å²) in [5, 5.41) is 11.5. The monoisotopic (exact) mass is 311 g/mol. The Bertz CT molecular complexity index is 614. The van der Waals surface area contributed by atoms with Crippen molar-refractivity contribution in [3.8, 4) is 0 Å². The highest BCUT2D eigenvalue weighted by Gasteiger charge is 2.05. The number of benzene rings is 1. The number of nitrogen functional groups attached to an aromatic ring is 1. The highest BCUT2D eigenvalue weighted by atomic mass is 32.2. The van der Waals surface area contributed by atoms with E-state index in [2.05, 4.69) is 20.7 Å². The molecule has 1 aromatic carbocycles. The van der Waals surface area contributed by atoms with Crippen molar-refractivity contribution >= 4 is 40.4 Å². The standard InChI is InChI=1S/C11H10FN5OS2/c12-8-3-1-7(2-4-8)5-14-15-9(18)6-19-11-17-16-10(13)20-11/h1-5H,6H2,(H2,13,16)(H,15,18)/b14-5-. The van der Waals surface area contributed by atoms with Gasteiger partial charge in [0, 0.05) is 0 Å². The van der Waals surface area contributed by atoms with Crippen molar-refractivity contribution in [1.82, 2.24) is 15.6 Å². The molecule has 20 heavy (non-hydrogen) atoms. The van der Waals surface area contributed by atoms with Crippen LogP contribution in [-0.4, -0.2) is 28.1 Å². The van der Waals surface area contributed by atoms with Crippen LogP contribution in [0.15, 0.2) is 33.7 Å². The van der Waals surface area contributed by atoms with Crippen LogP contribution in [0.1, 0.15) is 5.56 Å². The van der Waals surface area contributed by atoms with Crippen molar-refractivity contribution in [2.75, 3.05) is 11.5 Å². The van der Waals surface area contributed by atoms with Crippen molar-refractivity contribution in [3.63, 3.8) is 0 Å². The van der Waals surface area contributed by atoms with Crippen molar-refractivity contribution in [3.05, 3.63) is 35.6 Å². The van der Waals surface area contributed by atoms with Gasteiger partial charge in [-0.25, -0.2) is 9.82 Å². The summed E-state index contributed by atoms with van der Waals surface area (Å²) in [6.07, 6.45) is 1.44. The van der Waals surface area contributed by atoms with Crippen LogP contribution < -0.4 is 11.2 Å². The molecule has 1 heterocycles. The third-order valence-corrected chi connectivity index (χ3v) is 3.91. The molecule has 0 aliphatic carbocycles. The van der Waals surface area contributed by atoms with Gasteiger partial charge in [0.2, 0.25) is 5.13 Å². The van der Waals surface area contributed by atoms with Crippen molar-refractivity contribution in [2.45, 2.75) is 4.34 Å². The van der Waals surface area contributed by atoms with Gasteiger partial charge in [-0.05, 0) is 17.7 Å². The predicted octanol–water partition coefficient (Wildman–Crippen LogP) is 1.50. The summed E-state index contributed by atoms with van der Waals surface area (Å²) < 4.78 is 13.3. The lowest BCUT2D eigenvalue weighted by Crippen LogP contribution is -2.19. The molecule has 0 bridgehead atoms. The van der Waals surface area contributed by atoms with Gasteiger partial charge < -0.3 is 5.73 Å². The summed E-state index contributed by atoms with van der Waals surface area (Å²) in [5.41, 5.74) is 8.48. The molecule has 3 N–H and O–H groups in total. The Morgan fingerprint density at radius 1 is 1.45 bits per heavy atom. The lowest BCUT2D eigenvalue weighted by Gasteiger charge is -1.97. The number of carbonyl (C=O) groups excluding carboxylic acids is 1. The molecule has 6 nitrogen and oxygen atoms in total. The van der Waals surface area contributed by atoms with Crippen molar-refractivity contribution in [1.29, 1.82) is 0 Å². The van der Waals surface area contributed by atoms with Gasteiger partial charge in [0.15, 0.2) is 4.34 Å². The van der Waals surface area contributed by atoms with Gasteiger partial charge in [-0.15, -0.1) is 10.2 Å². The molecular formula is C11H10FN5OS2. The second kappa shape index (κ2) is 6.96. The number of aromatic nitrogens is 2. The van der Waals surface area contributed by atoms with Crippen LogP contribution in [0.3, 0.4) is 0 Å². The fraction of sp³-hybridized carbons (Fsp3) is 0.0909. The van der Waals surface area contributed by atoms with Crippen LogP contribution in [0.4, 0.5) is 9.52 Å². The molecule has 0 aliphatic rings. The molecule has 0 unspecified atom stereocenters. The normalized spacial score (nSPS) is 10.8. The maximum atomic E-state index is 12.7. The minimum atomic E-state index is -0.320. The van der Waals surface area contributed by atoms with Crippen LogP contribution in [0.5, 0.6) is 0 Å². The number of hydrogen-bond acceptors (Lipinski definition) is 7. The van der Waals surface area contributed by atoms with Gasteiger partial charge in [-0.3, -0.25) is 4.79 Å². The molecule has 104 valence electrons. The first-order valence-electron chi connectivity index (χ1n) is 5.43. The third-order valence-electron chi connectivity index (χ3n) is 2.02. The minimum absolute atomic E-state index is 0.162. The Kier molecular flexibility index (Phi) is 5.02. The number of rotatable bonds is 5. The maximum absolute atomic E-state index is 12.7. The van der Waals surface area contributed by atoms with E-state index in [0.717, 1.165) is 0 Å². The SMILES string of the molecule is Nc1nnc(SCC(=O)N/N=C\c2ccc(F)cc2)s1. The molecule has 0 fully saturated rings. The van der Waals surface area contributed by atoms with Crippen LogP contribution in [-0.2, 0) is 4.79 Å². The molecule has 2 rings (SSSR count). The van der Waals surface area contributed by atoms with Crippen LogP contribution in [0.25, 0.3) is 0 Å². The highest BCUT2D eigenvalue weighted by molar-refractivity contribution is 8.01. The minimum Gasteiger partial charge on any atom is -0.374 e. The number of carbonyl (C=O) groups is 1. The molecule has 1 amide bonds. The number of amides is 1. The van der Waals surface area contributed by atoms with Gasteiger partial charge in [-0.2, -0.15) is 5.10 Å². The molecule has 0 atom stereocenters. The molecule has 1 aromatic heterocycles. The van der Waals surface area contributed by atoms with Gasteiger partial charge in [0.1, 0.15) is 5.82 Å². The van der Waals surface area contributed by atoms with Crippen molar-refractivity contribution < 1.29 is 9.18 Å². The van der Waals surface area contributed by atoms with E-state index in [1.807, 2.05) is 0 Å². The Balaban J connectivity index is 1.76. The fourth-order valence-corrected chi connectivity index (χ4v) is 2.59. The molecule has 9 heteroatoms. The van der Waals surface area contributed by atoms with E-state index in [0.29, 0.717) is 15.0 Å². The van der Waals surface area contributed by atoms with Gasteiger partial charge in [0.05, 0.1) is 12.0 Å². The number of nitrogens with two attached hydrogens (primary N) is 1. The van der Waals surface area contributed by atoms with E-state index < -0.39 is 0 Å². The Labute approximate surface area is 122 Å². The molecule has 2 aromatic rings. The summed E-state index contributed by atoms with van der Waals surface area (Å²) in [4.78, 5) is 11.5. The lowest BCUT2D eigenvalue weighted by atomic mass is 10.2. The number of nitrogens with zero attached hydrogens (tertiary/aromatic N) is 3. The zero-order valence-electron chi connectivity index (χ0n) is 10.1. The fourth-order valence-electron chi connectivity index (χ4n) is 1.17. The van der Waals surface area contributed by atoms with Gasteiger partial charge >= 0.3 is 0 Å². The van der Waals surface area contributed by atoms with E-state index in [1.54, 1.807) is 12.1 Å². The number of hydrogen-bond donors (Lipinski definition) is 2. The number of nitrogens with one attached hydrogen (secondary N) is 1. The molecule has 0 saturated heterocycles. The zero-order chi connectivity index (χ0) is 14.4. The smallest absolute Gasteiger partial charge is 0.250 e. The summed E-state index contributed by atoms with van der Waals surface area (Å²) >= 11 is 2.44. The average Bonchev–Trinajstić information content (AvgIpc) is 2.85. The Hall–Kier alpha value is -2.00.